The van der Waals surface area contributed by atoms with E-state index in [0.717, 1.165) is 89.0 Å². The molecule has 95 heavy (non-hydrogen) atoms. The van der Waals surface area contributed by atoms with E-state index >= 15 is 0 Å². The van der Waals surface area contributed by atoms with Crippen molar-refractivity contribution in [2.75, 3.05) is 156 Å². The van der Waals surface area contributed by atoms with Crippen LogP contribution in [-0.4, -0.2) is 221 Å². The van der Waals surface area contributed by atoms with Gasteiger partial charge in [0.1, 0.15) is 0 Å². The quantitative estimate of drug-likeness (QED) is 0.0249. The van der Waals surface area contributed by atoms with Crippen LogP contribution in [0.5, 0.6) is 0 Å². The molecule has 5 heterocycles. The Hall–Kier alpha value is -7.11. The molecule has 3 aromatic heterocycles. The van der Waals surface area contributed by atoms with Crippen molar-refractivity contribution in [2.24, 2.45) is 16.2 Å². The number of hydrogen-bond acceptors (Lipinski definition) is 19. The summed E-state index contributed by atoms with van der Waals surface area (Å²) in [5.74, 6) is -2.23. The first-order valence-electron chi connectivity index (χ1n) is 33.1. The molecule has 2 aromatic carbocycles. The van der Waals surface area contributed by atoms with Crippen molar-refractivity contribution in [1.82, 2.24) is 34.9 Å². The minimum atomic E-state index is -1.14. The highest BCUT2D eigenvalue weighted by Gasteiger charge is 2.66. The summed E-state index contributed by atoms with van der Waals surface area (Å²) in [6.07, 6.45) is 12.1. The number of rotatable bonds is 40. The Morgan fingerprint density at radius 1 is 0.684 bits per heavy atom. The summed E-state index contributed by atoms with van der Waals surface area (Å²) in [7, 11) is 1.82. The van der Waals surface area contributed by atoms with E-state index < -0.39 is 17.8 Å². The number of fused-ring (bicyclic) bond motifs is 2. The van der Waals surface area contributed by atoms with Crippen LogP contribution in [0.1, 0.15) is 93.4 Å². The molecule has 26 heteroatoms. The lowest BCUT2D eigenvalue weighted by atomic mass is 9.39. The van der Waals surface area contributed by atoms with Crippen LogP contribution in [0.3, 0.4) is 0 Å². The average molecular weight is 1330 g/mol. The third-order valence-corrected chi connectivity index (χ3v) is 19.2. The fraction of sp³-hybridized carbons (Fsp3) is 0.580. The van der Waals surface area contributed by atoms with Crippen molar-refractivity contribution in [2.45, 2.75) is 97.1 Å². The van der Waals surface area contributed by atoms with Crippen LogP contribution in [0, 0.1) is 23.2 Å². The van der Waals surface area contributed by atoms with E-state index in [2.05, 4.69) is 34.1 Å². The summed E-state index contributed by atoms with van der Waals surface area (Å²) in [4.78, 5) is 88.9. The second-order valence-corrected chi connectivity index (χ2v) is 27.2. The fourth-order valence-corrected chi connectivity index (χ4v) is 16.0. The van der Waals surface area contributed by atoms with Gasteiger partial charge in [-0.15, -0.1) is 0 Å². The second-order valence-electron chi connectivity index (χ2n) is 26.2. The number of pyridine rings is 1. The molecule has 0 radical (unpaired) electrons. The van der Waals surface area contributed by atoms with Gasteiger partial charge in [-0.2, -0.15) is 5.10 Å². The van der Waals surface area contributed by atoms with E-state index in [1.165, 1.54) is 23.5 Å². The summed E-state index contributed by atoms with van der Waals surface area (Å²) in [6.45, 7) is 15.7. The van der Waals surface area contributed by atoms with Crippen molar-refractivity contribution in [3.63, 3.8) is 0 Å². The second kappa shape index (κ2) is 33.2. The lowest BCUT2D eigenvalue weighted by molar-refractivity contribution is -0.248. The number of ether oxygens (including phenoxy) is 9. The van der Waals surface area contributed by atoms with Crippen molar-refractivity contribution >= 4 is 68.0 Å². The van der Waals surface area contributed by atoms with E-state index in [1.807, 2.05) is 68.6 Å². The number of urea groups is 1. The van der Waals surface area contributed by atoms with Gasteiger partial charge in [0.25, 0.3) is 11.8 Å². The van der Waals surface area contributed by atoms with Gasteiger partial charge in [0.15, 0.2) is 10.8 Å². The number of carbonyl (C=O) groups is 6. The Morgan fingerprint density at radius 3 is 1.92 bits per heavy atom. The molecule has 0 saturated heterocycles. The molecule has 6 aliphatic rings. The predicted octanol–water partition coefficient (Wildman–Crippen LogP) is 7.76. The standard InChI is InChI=1S/C69H91N9O16S/c1-49-53(52-13-14-54(72-62(52)63(83)84)51-12-11-50-8-7-20-76(56(50)40-51)65(85)74-64-73-55-9-5-6-10-57(55)95-64)41-71-78(49)48-68-43-66(2)42-67(3,44-68)46-69(45-66,47-68)94-25-22-75(4)59(80)18-23-86-26-28-88-30-32-90-34-36-92-38-39-93-37-35-91-33-31-89-29-27-87-24-19-70-58(79)17-21-77-60(81)15-16-61(77)82/h5-6,9-16,40-41H,7-8,17-39,42-48H2,1-4H3,(H,70,79)(H,83,84)(H,73,74,85). The number of amides is 6. The zero-order valence-electron chi connectivity index (χ0n) is 55.2. The minimum absolute atomic E-state index is 0.00960. The molecule has 3 N–H and O–H groups in total. The first kappa shape index (κ1) is 70.7. The number of imide groups is 1. The summed E-state index contributed by atoms with van der Waals surface area (Å²) < 4.78 is 54.5. The summed E-state index contributed by atoms with van der Waals surface area (Å²) >= 11 is 1.43. The Kier molecular flexibility index (Phi) is 24.7. The van der Waals surface area contributed by atoms with Gasteiger partial charge in [-0.1, -0.05) is 49.4 Å². The van der Waals surface area contributed by atoms with E-state index in [0.29, 0.717) is 154 Å². The first-order valence-corrected chi connectivity index (χ1v) is 33.9. The van der Waals surface area contributed by atoms with Gasteiger partial charge in [-0.05, 0) is 110 Å². The number of carboxylic acids is 1. The lowest BCUT2D eigenvalue weighted by Gasteiger charge is -2.69. The summed E-state index contributed by atoms with van der Waals surface area (Å²) in [5.41, 5.74) is 5.59. The number of aryl methyl sites for hydroxylation is 1. The molecule has 4 aliphatic carbocycles. The van der Waals surface area contributed by atoms with Crippen molar-refractivity contribution in [1.29, 1.82) is 0 Å². The Labute approximate surface area is 558 Å². The third kappa shape index (κ3) is 19.1. The molecule has 0 spiro atoms. The van der Waals surface area contributed by atoms with Crippen LogP contribution >= 0.6 is 11.3 Å². The van der Waals surface area contributed by atoms with Gasteiger partial charge >= 0.3 is 12.0 Å². The van der Waals surface area contributed by atoms with E-state index in [4.69, 9.17) is 52.7 Å². The van der Waals surface area contributed by atoms with Gasteiger partial charge in [0, 0.05) is 86.4 Å². The van der Waals surface area contributed by atoms with Crippen LogP contribution in [0.4, 0.5) is 15.6 Å². The molecule has 2 atom stereocenters. The van der Waals surface area contributed by atoms with Crippen LogP contribution in [0.2, 0.25) is 0 Å². The van der Waals surface area contributed by atoms with Gasteiger partial charge in [-0.25, -0.2) is 19.6 Å². The zero-order valence-corrected chi connectivity index (χ0v) is 56.0. The molecular formula is C69H91N9O16S. The molecular weight excluding hydrogens is 1240 g/mol. The molecule has 5 aromatic rings. The number of likely N-dealkylation sites (N-methyl/N-ethyl adjacent to an activating group) is 1. The van der Waals surface area contributed by atoms with E-state index in [-0.39, 0.29) is 71.4 Å². The molecule has 11 rings (SSSR count). The number of nitrogens with zero attached hydrogens (tertiary/aromatic N) is 7. The SMILES string of the molecule is Cc1c(-c2ccc(-c3ccc4c(c3)N(C(=O)Nc3nc5ccccc5s3)CCC4)nc2C(=O)O)cnn1CC12CC3(C)CC(C)(C1)CC(OCCN(C)C(=O)CCOCCOCCOCCOCCOCCOCCOCCOCCNC(=O)CCN1C(=O)C=CC1=O)(C3)C2. The van der Waals surface area contributed by atoms with Crippen LogP contribution in [-0.2, 0) is 74.8 Å². The largest absolute Gasteiger partial charge is 0.476 e. The monoisotopic (exact) mass is 1330 g/mol. The molecule has 25 nitrogen and oxygen atoms in total. The van der Waals surface area contributed by atoms with Crippen LogP contribution in [0.25, 0.3) is 32.6 Å². The zero-order chi connectivity index (χ0) is 66.8. The number of carboxylic acid groups (broad SMARTS) is 1. The van der Waals surface area contributed by atoms with Crippen molar-refractivity contribution in [3.05, 3.63) is 89.9 Å². The van der Waals surface area contributed by atoms with Crippen LogP contribution in [0.15, 0.2) is 72.9 Å². The molecule has 2 unspecified atom stereocenters. The highest BCUT2D eigenvalue weighted by atomic mass is 32.1. The van der Waals surface area contributed by atoms with Crippen molar-refractivity contribution in [3.8, 4) is 22.4 Å². The fourth-order valence-electron chi connectivity index (χ4n) is 15.1. The lowest BCUT2D eigenvalue weighted by Crippen LogP contribution is -2.64. The molecule has 4 bridgehead atoms. The van der Waals surface area contributed by atoms with Crippen LogP contribution < -0.4 is 15.5 Å². The van der Waals surface area contributed by atoms with Gasteiger partial charge in [-0.3, -0.25) is 39.0 Å². The highest BCUT2D eigenvalue weighted by molar-refractivity contribution is 7.22. The van der Waals surface area contributed by atoms with Gasteiger partial charge in [0.05, 0.1) is 146 Å². The molecule has 4 fully saturated rings. The Morgan fingerprint density at radius 2 is 1.29 bits per heavy atom. The van der Waals surface area contributed by atoms with Crippen molar-refractivity contribution < 1.29 is 76.5 Å². The normalized spacial score (nSPS) is 21.1. The number of para-hydroxylation sites is 1. The maximum atomic E-state index is 13.8. The Bertz CT molecular complexity index is 3430. The number of aromatic carboxylic acids is 1. The maximum absolute atomic E-state index is 13.8. The Balaban J connectivity index is 0.563. The number of anilines is 2. The van der Waals surface area contributed by atoms with Gasteiger partial charge < -0.3 is 58.0 Å². The molecule has 514 valence electrons. The van der Waals surface area contributed by atoms with E-state index in [9.17, 15) is 33.9 Å². The molecule has 6 amide bonds. The highest BCUT2D eigenvalue weighted by Crippen LogP contribution is 2.72. The third-order valence-electron chi connectivity index (χ3n) is 18.2. The summed E-state index contributed by atoms with van der Waals surface area (Å²) in [5, 5.41) is 21.8. The number of nitrogens with one attached hydrogen (secondary N) is 2. The number of benzene rings is 2. The minimum Gasteiger partial charge on any atom is -0.476 e. The predicted molar refractivity (Wildman–Crippen MR) is 354 cm³/mol. The maximum Gasteiger partial charge on any atom is 0.355 e. The number of thiazole rings is 1. The van der Waals surface area contributed by atoms with Gasteiger partial charge in [0.2, 0.25) is 11.8 Å². The number of aromatic nitrogens is 4. The molecule has 4 saturated carbocycles. The smallest absolute Gasteiger partial charge is 0.355 e. The number of carbonyl (C=O) groups excluding carboxylic acids is 5. The number of hydrogen-bond donors (Lipinski definition) is 3. The molecule has 2 aliphatic heterocycles. The summed E-state index contributed by atoms with van der Waals surface area (Å²) in [6, 6.07) is 17.1. The first-order chi connectivity index (χ1) is 45.9. The van der Waals surface area contributed by atoms with E-state index in [1.54, 1.807) is 16.0 Å². The average Bonchev–Trinajstić information content (AvgIpc) is 0.902. The topological polar surface area (TPSA) is 283 Å².